The fourth-order valence-electron chi connectivity index (χ4n) is 4.06. The molecule has 0 atom stereocenters. The van der Waals surface area contributed by atoms with Crippen LogP contribution in [0.4, 0.5) is 6.01 Å². The summed E-state index contributed by atoms with van der Waals surface area (Å²) in [5, 5.41) is 10.6. The van der Waals surface area contributed by atoms with Crippen LogP contribution in [0.2, 0.25) is 0 Å². The first-order valence-electron chi connectivity index (χ1n) is 11.1. The van der Waals surface area contributed by atoms with Crippen molar-refractivity contribution in [2.75, 3.05) is 32.3 Å². The van der Waals surface area contributed by atoms with Gasteiger partial charge in [-0.2, -0.15) is 4.31 Å². The molecule has 3 aromatic rings. The summed E-state index contributed by atoms with van der Waals surface area (Å²) in [4.78, 5) is 12.9. The zero-order valence-corrected chi connectivity index (χ0v) is 19.8. The molecular weight excluding hydrogens is 476 g/mol. The number of hydrogen-bond donors (Lipinski definition) is 1. The van der Waals surface area contributed by atoms with Crippen LogP contribution < -0.4 is 19.5 Å². The largest absolute Gasteiger partial charge is 0.497 e. The average Bonchev–Trinajstić information content (AvgIpc) is 3.53. The number of piperidine rings is 1. The predicted molar refractivity (Wildman–Crippen MR) is 123 cm³/mol. The molecule has 0 unspecified atom stereocenters. The highest BCUT2D eigenvalue weighted by atomic mass is 32.2. The van der Waals surface area contributed by atoms with Crippen molar-refractivity contribution in [3.63, 3.8) is 0 Å². The van der Waals surface area contributed by atoms with Gasteiger partial charge in [-0.1, -0.05) is 11.2 Å². The number of nitrogens with one attached hydrogen (secondary N) is 1. The zero-order valence-electron chi connectivity index (χ0n) is 19.0. The number of hydrogen-bond acceptors (Lipinski definition) is 9. The van der Waals surface area contributed by atoms with Crippen molar-refractivity contribution in [2.45, 2.75) is 24.2 Å². The Morgan fingerprint density at radius 1 is 1.09 bits per heavy atom. The molecule has 1 fully saturated rings. The lowest BCUT2D eigenvalue weighted by Crippen LogP contribution is -2.41. The van der Waals surface area contributed by atoms with Gasteiger partial charge in [0.05, 0.1) is 18.4 Å². The Morgan fingerprint density at radius 3 is 2.57 bits per heavy atom. The Bertz CT molecular complexity index is 1320. The van der Waals surface area contributed by atoms with E-state index in [9.17, 15) is 13.2 Å². The van der Waals surface area contributed by atoms with Crippen molar-refractivity contribution >= 4 is 21.9 Å². The van der Waals surface area contributed by atoms with E-state index < -0.39 is 10.0 Å². The zero-order chi connectivity index (χ0) is 24.4. The van der Waals surface area contributed by atoms with E-state index in [1.807, 2.05) is 18.2 Å². The van der Waals surface area contributed by atoms with Gasteiger partial charge in [-0.3, -0.25) is 10.1 Å². The van der Waals surface area contributed by atoms with E-state index in [0.717, 1.165) is 5.56 Å². The fourth-order valence-corrected chi connectivity index (χ4v) is 5.53. The Morgan fingerprint density at radius 2 is 1.83 bits per heavy atom. The van der Waals surface area contributed by atoms with Crippen molar-refractivity contribution in [2.24, 2.45) is 5.92 Å². The molecule has 3 heterocycles. The van der Waals surface area contributed by atoms with Gasteiger partial charge < -0.3 is 18.6 Å². The lowest BCUT2D eigenvalue weighted by molar-refractivity contribution is -0.121. The lowest BCUT2D eigenvalue weighted by atomic mass is 9.97. The molecule has 0 spiro atoms. The van der Waals surface area contributed by atoms with E-state index in [2.05, 4.69) is 15.5 Å². The van der Waals surface area contributed by atoms with Crippen LogP contribution in [-0.2, 0) is 21.2 Å². The van der Waals surface area contributed by atoms with Gasteiger partial charge in [0, 0.05) is 19.0 Å². The molecule has 35 heavy (non-hydrogen) atoms. The molecule has 2 aliphatic heterocycles. The van der Waals surface area contributed by atoms with Gasteiger partial charge in [-0.25, -0.2) is 8.42 Å². The van der Waals surface area contributed by atoms with Gasteiger partial charge in [0.2, 0.25) is 28.6 Å². The minimum atomic E-state index is -3.64. The van der Waals surface area contributed by atoms with Crippen LogP contribution in [-0.4, -0.2) is 55.8 Å². The summed E-state index contributed by atoms with van der Waals surface area (Å²) in [6, 6.07) is 11.8. The summed E-state index contributed by atoms with van der Waals surface area (Å²) in [6.07, 6.45) is 1.15. The molecule has 2 aromatic carbocycles. The van der Waals surface area contributed by atoms with Crippen molar-refractivity contribution in [1.82, 2.24) is 14.5 Å². The standard InChI is InChI=1S/C23H24N4O7S/c1-31-17-3-5-18(6-4-17)35(29,30)27-10-8-16(9-11-27)22(28)24-23-26-25-21(34-23)13-15-2-7-19-20(12-15)33-14-32-19/h2-7,12,16H,8-11,13-14H2,1H3,(H,24,26,28). The molecule has 0 aliphatic carbocycles. The maximum atomic E-state index is 12.9. The first-order chi connectivity index (χ1) is 16.9. The van der Waals surface area contributed by atoms with Crippen LogP contribution in [0.1, 0.15) is 24.3 Å². The summed E-state index contributed by atoms with van der Waals surface area (Å²) in [7, 11) is -2.12. The monoisotopic (exact) mass is 500 g/mol. The summed E-state index contributed by atoms with van der Waals surface area (Å²) in [5.74, 6) is 1.65. The molecule has 0 saturated carbocycles. The number of fused-ring (bicyclic) bond motifs is 1. The molecule has 1 amide bonds. The number of aromatic nitrogens is 2. The lowest BCUT2D eigenvalue weighted by Gasteiger charge is -2.30. The molecule has 1 aromatic heterocycles. The van der Waals surface area contributed by atoms with Crippen LogP contribution in [0.5, 0.6) is 17.2 Å². The molecule has 2 aliphatic rings. The Balaban J connectivity index is 1.15. The fraction of sp³-hybridized carbons (Fsp3) is 0.348. The molecule has 1 N–H and O–H groups in total. The van der Waals surface area contributed by atoms with Crippen molar-refractivity contribution in [3.05, 3.63) is 53.9 Å². The predicted octanol–water partition coefficient (Wildman–Crippen LogP) is 2.44. The van der Waals surface area contributed by atoms with E-state index in [1.165, 1.54) is 23.5 Å². The van der Waals surface area contributed by atoms with Gasteiger partial charge in [-0.05, 0) is 54.8 Å². The topological polar surface area (TPSA) is 133 Å². The number of carbonyl (C=O) groups is 1. The molecular formula is C23H24N4O7S. The number of anilines is 1. The number of methoxy groups -OCH3 is 1. The highest BCUT2D eigenvalue weighted by molar-refractivity contribution is 7.89. The van der Waals surface area contributed by atoms with Gasteiger partial charge in [0.25, 0.3) is 0 Å². The smallest absolute Gasteiger partial charge is 0.322 e. The SMILES string of the molecule is COc1ccc(S(=O)(=O)N2CCC(C(=O)Nc3nnc(Cc4ccc5c(c4)OCO5)o3)CC2)cc1. The second-order valence-electron chi connectivity index (χ2n) is 8.21. The number of nitrogens with zero attached hydrogens (tertiary/aromatic N) is 3. The third-order valence-electron chi connectivity index (χ3n) is 6.01. The maximum absolute atomic E-state index is 12.9. The highest BCUT2D eigenvalue weighted by Crippen LogP contribution is 2.33. The van der Waals surface area contributed by atoms with Crippen molar-refractivity contribution < 1.29 is 31.8 Å². The normalized spacial score (nSPS) is 16.3. The van der Waals surface area contributed by atoms with E-state index in [4.69, 9.17) is 18.6 Å². The van der Waals surface area contributed by atoms with E-state index in [-0.39, 0.29) is 42.6 Å². The first-order valence-corrected chi connectivity index (χ1v) is 12.5. The van der Waals surface area contributed by atoms with E-state index in [1.54, 1.807) is 12.1 Å². The van der Waals surface area contributed by atoms with Crippen LogP contribution in [0.25, 0.3) is 0 Å². The Labute approximate surface area is 202 Å². The number of ether oxygens (including phenoxy) is 3. The molecule has 0 radical (unpaired) electrons. The second kappa shape index (κ2) is 9.55. The molecule has 0 bridgehead atoms. The molecule has 11 nitrogen and oxygen atoms in total. The maximum Gasteiger partial charge on any atom is 0.322 e. The van der Waals surface area contributed by atoms with Crippen LogP contribution in [0.3, 0.4) is 0 Å². The minimum absolute atomic E-state index is 0.0130. The summed E-state index contributed by atoms with van der Waals surface area (Å²) in [5.41, 5.74) is 0.904. The quantitative estimate of drug-likeness (QED) is 0.519. The number of carbonyl (C=O) groups excluding carboxylic acids is 1. The average molecular weight is 501 g/mol. The van der Waals surface area contributed by atoms with Crippen LogP contribution >= 0.6 is 0 Å². The van der Waals surface area contributed by atoms with Crippen LogP contribution in [0.15, 0.2) is 51.8 Å². The molecule has 184 valence electrons. The van der Waals surface area contributed by atoms with E-state index in [0.29, 0.717) is 42.4 Å². The number of benzene rings is 2. The Kier molecular flexibility index (Phi) is 6.31. The summed E-state index contributed by atoms with van der Waals surface area (Å²) < 4.78 is 48.5. The van der Waals surface area contributed by atoms with Crippen molar-refractivity contribution in [3.8, 4) is 17.2 Å². The first kappa shape index (κ1) is 23.1. The number of sulfonamides is 1. The Hall–Kier alpha value is -3.64. The number of amides is 1. The summed E-state index contributed by atoms with van der Waals surface area (Å²) in [6.45, 7) is 0.680. The third-order valence-corrected chi connectivity index (χ3v) is 7.92. The summed E-state index contributed by atoms with van der Waals surface area (Å²) >= 11 is 0. The van der Waals surface area contributed by atoms with Gasteiger partial charge in [0.15, 0.2) is 11.5 Å². The molecule has 12 heteroatoms. The second-order valence-corrected chi connectivity index (χ2v) is 10.1. The van der Waals surface area contributed by atoms with Gasteiger partial charge >= 0.3 is 6.01 Å². The number of rotatable bonds is 7. The minimum Gasteiger partial charge on any atom is -0.497 e. The van der Waals surface area contributed by atoms with E-state index >= 15 is 0 Å². The van der Waals surface area contributed by atoms with Crippen LogP contribution in [0, 0.1) is 5.92 Å². The highest BCUT2D eigenvalue weighted by Gasteiger charge is 2.32. The van der Waals surface area contributed by atoms with Gasteiger partial charge in [0.1, 0.15) is 5.75 Å². The molecule has 5 rings (SSSR count). The van der Waals surface area contributed by atoms with Crippen molar-refractivity contribution in [1.29, 1.82) is 0 Å². The van der Waals surface area contributed by atoms with Gasteiger partial charge in [-0.15, -0.1) is 5.10 Å². The third kappa shape index (κ3) is 4.93. The molecule has 1 saturated heterocycles.